The Labute approximate surface area is 208 Å². The summed E-state index contributed by atoms with van der Waals surface area (Å²) in [5.41, 5.74) is -0.522. The van der Waals surface area contributed by atoms with Gasteiger partial charge in [0.15, 0.2) is 0 Å². The van der Waals surface area contributed by atoms with Crippen LogP contribution in [0.5, 0.6) is 0 Å². The molecule has 0 aromatic heterocycles. The van der Waals surface area contributed by atoms with Gasteiger partial charge in [0.25, 0.3) is 0 Å². The topological polar surface area (TPSA) is 95.1 Å². The van der Waals surface area contributed by atoms with Gasteiger partial charge in [-0.3, -0.25) is 0 Å². The molecule has 0 fully saturated rings. The van der Waals surface area contributed by atoms with Crippen LogP contribution < -0.4 is 0 Å². The third-order valence-corrected chi connectivity index (χ3v) is 7.34. The molecule has 0 spiro atoms. The number of carboxylic acids is 1. The molecule has 0 rings (SSSR count). The van der Waals surface area contributed by atoms with Crippen molar-refractivity contribution in [2.24, 2.45) is 5.41 Å². The maximum absolute atomic E-state index is 12.4. The zero-order chi connectivity index (χ0) is 23.2. The van der Waals surface area contributed by atoms with Crippen molar-refractivity contribution in [3.05, 3.63) is 0 Å². The van der Waals surface area contributed by atoms with Gasteiger partial charge in [0, 0.05) is 0 Å². The van der Waals surface area contributed by atoms with E-state index in [9.17, 15) is 14.7 Å². The van der Waals surface area contributed by atoms with Gasteiger partial charge in [-0.2, -0.15) is 0 Å². The molecule has 0 aromatic carbocycles. The molecule has 187 valence electrons. The molecule has 6 heteroatoms. The van der Waals surface area contributed by atoms with E-state index in [2.05, 4.69) is 13.8 Å². The Morgan fingerprint density at radius 2 is 1.00 bits per heavy atom. The molecule has 0 radical (unpaired) electrons. The quantitative estimate of drug-likeness (QED) is 0.114. The second-order valence-corrected chi connectivity index (χ2v) is 10.0. The Bertz CT molecular complexity index is 426. The Morgan fingerprint density at radius 1 is 0.656 bits per heavy atom. The van der Waals surface area contributed by atoms with Crippen molar-refractivity contribution in [3.63, 3.8) is 0 Å². The third-order valence-electron chi connectivity index (χ3n) is 6.67. The molecule has 0 aliphatic carbocycles. The monoisotopic (exact) mass is 507 g/mol. The third kappa shape index (κ3) is 18.0. The predicted octanol–water partition coefficient (Wildman–Crippen LogP) is 7.47. The fourth-order valence-corrected chi connectivity index (χ4v) is 4.82. The van der Waals surface area contributed by atoms with E-state index in [1.807, 2.05) is 0 Å². The van der Waals surface area contributed by atoms with Crippen LogP contribution in [0, 0.1) is 5.41 Å². The first-order chi connectivity index (χ1) is 15.0. The van der Waals surface area contributed by atoms with Crippen molar-refractivity contribution < 1.29 is 42.4 Å². The minimum absolute atomic E-state index is 0. The van der Waals surface area contributed by atoms with Gasteiger partial charge in [0.2, 0.25) is 0 Å². The first kappa shape index (κ1) is 33.7. The smallest absolute Gasteiger partial charge is 0.412 e. The van der Waals surface area contributed by atoms with Gasteiger partial charge in [-0.15, -0.1) is 0 Å². The fraction of sp³-hybridized carbons (Fsp3) is 0.923. The van der Waals surface area contributed by atoms with Crippen LogP contribution in [0.2, 0.25) is 0 Å². The zero-order valence-corrected chi connectivity index (χ0v) is 24.2. The van der Waals surface area contributed by atoms with Crippen LogP contribution in [0.25, 0.3) is 0 Å². The summed E-state index contributed by atoms with van der Waals surface area (Å²) in [6.07, 6.45) is 22.6. The van der Waals surface area contributed by atoms with Crippen LogP contribution in [0.15, 0.2) is 0 Å². The number of carboxylic acid groups (broad SMARTS) is 1. The van der Waals surface area contributed by atoms with Gasteiger partial charge < -0.3 is 5.48 Å². The fourth-order valence-electron chi connectivity index (χ4n) is 4.52. The second-order valence-electron chi connectivity index (χ2n) is 9.41. The van der Waals surface area contributed by atoms with Gasteiger partial charge in [0.05, 0.1) is 0 Å². The number of rotatable bonds is 23. The van der Waals surface area contributed by atoms with Crippen molar-refractivity contribution in [3.8, 4) is 0 Å². The summed E-state index contributed by atoms with van der Waals surface area (Å²) in [7, 11) is 0. The van der Waals surface area contributed by atoms with Crippen molar-refractivity contribution in [2.75, 3.05) is 0 Å². The summed E-state index contributed by atoms with van der Waals surface area (Å²) in [5.74, 6) is -0.646. The summed E-state index contributed by atoms with van der Waals surface area (Å²) in [5, 5.41) is 10.2. The molecular formula is C26H51O5Zn. The van der Waals surface area contributed by atoms with E-state index in [-0.39, 0.29) is 11.4 Å². The Balaban J connectivity index is 0. The average Bonchev–Trinajstić information content (AvgIpc) is 2.76. The summed E-state index contributed by atoms with van der Waals surface area (Å²) in [4.78, 5) is 23.6. The molecule has 0 bridgehead atoms. The molecule has 0 saturated heterocycles. The van der Waals surface area contributed by atoms with E-state index in [0.717, 1.165) is 64.2 Å². The van der Waals surface area contributed by atoms with E-state index >= 15 is 0 Å². The van der Waals surface area contributed by atoms with Gasteiger partial charge in [-0.1, -0.05) is 78.1 Å². The molecule has 0 saturated carbocycles. The molecule has 0 aliphatic rings. The van der Waals surface area contributed by atoms with Crippen LogP contribution in [0.3, 0.4) is 0 Å². The van der Waals surface area contributed by atoms with Gasteiger partial charge in [-0.05, 0) is 0 Å². The van der Waals surface area contributed by atoms with E-state index in [1.165, 1.54) is 64.2 Å². The predicted molar refractivity (Wildman–Crippen MR) is 128 cm³/mol. The Morgan fingerprint density at radius 3 is 1.34 bits per heavy atom. The molecule has 5 nitrogen and oxygen atoms in total. The van der Waals surface area contributed by atoms with E-state index in [1.54, 1.807) is 0 Å². The summed E-state index contributed by atoms with van der Waals surface area (Å²) >= 11 is 0.577. The average molecular weight is 509 g/mol. The van der Waals surface area contributed by atoms with Crippen LogP contribution in [-0.2, 0) is 31.8 Å². The number of hydrogen-bond acceptors (Lipinski definition) is 3. The Hall–Kier alpha value is -0.477. The summed E-state index contributed by atoms with van der Waals surface area (Å²) < 4.78 is 4.81. The standard InChI is InChI=1S/C26H50O4.H2O.Zn/c1-3-5-7-9-13-17-21-26(25(29)30,22-18-14-10-8-6-4-2)23-19-15-11-12-16-20-24(27)28;;/h3-23H2,1-2H3,(H,27,28)(H,29,30);1H2;/q;;+1/p-1. The molecule has 0 heterocycles. The molecular weight excluding hydrogens is 458 g/mol. The van der Waals surface area contributed by atoms with Crippen molar-refractivity contribution in [2.45, 2.75) is 149 Å². The molecule has 0 unspecified atom stereocenters. The zero-order valence-electron chi connectivity index (χ0n) is 21.2. The summed E-state index contributed by atoms with van der Waals surface area (Å²) in [6.45, 7) is 4.46. The van der Waals surface area contributed by atoms with Gasteiger partial charge in [-0.25, -0.2) is 0 Å². The molecule has 32 heavy (non-hydrogen) atoms. The number of carbonyl (C=O) groups excluding carboxylic acids is 1. The van der Waals surface area contributed by atoms with Gasteiger partial charge in [0.1, 0.15) is 0 Å². The molecule has 0 aliphatic heterocycles. The number of carbonyl (C=O) groups is 2. The van der Waals surface area contributed by atoms with E-state index in [0.29, 0.717) is 25.1 Å². The first-order valence-corrected chi connectivity index (χ1v) is 14.4. The number of unbranched alkanes of at least 4 members (excludes halogenated alkanes) is 14. The molecule has 0 aromatic rings. The van der Waals surface area contributed by atoms with Gasteiger partial charge >= 0.3 is 125 Å². The van der Waals surface area contributed by atoms with Crippen LogP contribution in [0.4, 0.5) is 0 Å². The van der Waals surface area contributed by atoms with Crippen LogP contribution in [0.1, 0.15) is 149 Å². The SMILES string of the molecule is CCCCCCCCC(CCCCCCCC)(CCCCCCCC(=O)[O][Zn])C(=O)O.O. The normalized spacial score (nSPS) is 11.2. The number of hydrogen-bond donors (Lipinski definition) is 1. The first-order valence-electron chi connectivity index (χ1n) is 13.2. The molecule has 3 N–H and O–H groups in total. The molecule has 0 atom stereocenters. The number of aliphatic carboxylic acids is 1. The van der Waals surface area contributed by atoms with E-state index in [4.69, 9.17) is 3.56 Å². The minimum atomic E-state index is -0.566. The molecule has 0 amide bonds. The minimum Gasteiger partial charge on any atom is -0.412 e. The van der Waals surface area contributed by atoms with Crippen LogP contribution in [-0.4, -0.2) is 22.5 Å². The van der Waals surface area contributed by atoms with E-state index < -0.39 is 11.4 Å². The summed E-state index contributed by atoms with van der Waals surface area (Å²) in [6, 6.07) is 0. The second kappa shape index (κ2) is 23.7. The van der Waals surface area contributed by atoms with Crippen molar-refractivity contribution in [1.29, 1.82) is 0 Å². The van der Waals surface area contributed by atoms with Crippen LogP contribution >= 0.6 is 0 Å². The Kier molecular flexibility index (Phi) is 24.9. The maximum atomic E-state index is 12.4. The van der Waals surface area contributed by atoms with Crippen molar-refractivity contribution >= 4 is 11.9 Å². The van der Waals surface area contributed by atoms with Crippen molar-refractivity contribution in [1.82, 2.24) is 0 Å².